The van der Waals surface area contributed by atoms with Crippen molar-refractivity contribution in [2.75, 3.05) is 19.0 Å². The molecule has 0 saturated carbocycles. The zero-order valence-electron chi connectivity index (χ0n) is 16.4. The van der Waals surface area contributed by atoms with Crippen LogP contribution in [0.3, 0.4) is 0 Å². The van der Waals surface area contributed by atoms with Gasteiger partial charge in [0.15, 0.2) is 0 Å². The second kappa shape index (κ2) is 8.27. The zero-order valence-corrected chi connectivity index (χ0v) is 17.2. The predicted octanol–water partition coefficient (Wildman–Crippen LogP) is 3.81. The summed E-state index contributed by atoms with van der Waals surface area (Å²) in [7, 11) is -2.59. The molecule has 3 rings (SSSR count). The van der Waals surface area contributed by atoms with E-state index in [0.29, 0.717) is 17.7 Å². The van der Waals surface area contributed by atoms with Crippen LogP contribution in [0.1, 0.15) is 24.0 Å². The molecule has 162 valence electrons. The standard InChI is InChI=1S/C20H21F3N2O4S/c1-13-8-9-16(29-2)12-18(13)30(27,28)25-10-4-7-17(25)19(26)24-15-6-3-5-14(11-15)20(21,22)23/h3,5-6,8-9,11-12,17H,4,7,10H2,1-2H3,(H,24,26)/t17-/m1/s1. The molecule has 0 spiro atoms. The molecule has 0 aliphatic carbocycles. The van der Waals surface area contributed by atoms with Gasteiger partial charge in [-0.2, -0.15) is 17.5 Å². The average Bonchev–Trinajstić information content (AvgIpc) is 3.19. The number of benzene rings is 2. The monoisotopic (exact) mass is 442 g/mol. The second-order valence-electron chi connectivity index (χ2n) is 6.97. The van der Waals surface area contributed by atoms with E-state index in [-0.39, 0.29) is 23.5 Å². The molecule has 1 heterocycles. The van der Waals surface area contributed by atoms with E-state index >= 15 is 0 Å². The predicted molar refractivity (Wildman–Crippen MR) is 105 cm³/mol. The average molecular weight is 442 g/mol. The summed E-state index contributed by atoms with van der Waals surface area (Å²) in [6.45, 7) is 1.78. The number of aryl methyl sites for hydroxylation is 1. The number of carbonyl (C=O) groups excluding carboxylic acids is 1. The number of halogens is 3. The molecule has 1 aliphatic heterocycles. The Bertz CT molecular complexity index is 1050. The molecule has 1 amide bonds. The van der Waals surface area contributed by atoms with Crippen LogP contribution in [0.5, 0.6) is 5.75 Å². The minimum atomic E-state index is -4.55. The van der Waals surface area contributed by atoms with Gasteiger partial charge in [0.25, 0.3) is 0 Å². The number of methoxy groups -OCH3 is 1. The van der Waals surface area contributed by atoms with E-state index < -0.39 is 33.7 Å². The Morgan fingerprint density at radius 3 is 2.60 bits per heavy atom. The van der Waals surface area contributed by atoms with Gasteiger partial charge in [-0.05, 0) is 49.6 Å². The van der Waals surface area contributed by atoms with Crippen molar-refractivity contribution in [2.45, 2.75) is 36.9 Å². The Labute approximate surface area is 172 Å². The molecule has 0 unspecified atom stereocenters. The Kier molecular flexibility index (Phi) is 6.09. The van der Waals surface area contributed by atoms with Crippen molar-refractivity contribution in [1.29, 1.82) is 0 Å². The highest BCUT2D eigenvalue weighted by molar-refractivity contribution is 7.89. The molecule has 6 nitrogen and oxygen atoms in total. The lowest BCUT2D eigenvalue weighted by atomic mass is 10.1. The Morgan fingerprint density at radius 1 is 1.20 bits per heavy atom. The molecule has 2 aromatic carbocycles. The molecule has 1 atom stereocenters. The number of hydrogen-bond acceptors (Lipinski definition) is 4. The van der Waals surface area contributed by atoms with Crippen molar-refractivity contribution in [3.8, 4) is 5.75 Å². The van der Waals surface area contributed by atoms with Gasteiger partial charge >= 0.3 is 6.18 Å². The fraction of sp³-hybridized carbons (Fsp3) is 0.350. The molecule has 1 saturated heterocycles. The van der Waals surface area contributed by atoms with Gasteiger partial charge in [-0.3, -0.25) is 4.79 Å². The lowest BCUT2D eigenvalue weighted by Gasteiger charge is -2.24. The maximum Gasteiger partial charge on any atom is 0.416 e. The fourth-order valence-corrected chi connectivity index (χ4v) is 5.30. The first-order chi connectivity index (χ1) is 14.0. The van der Waals surface area contributed by atoms with E-state index in [2.05, 4.69) is 5.32 Å². The highest BCUT2D eigenvalue weighted by atomic mass is 32.2. The number of nitrogens with one attached hydrogen (secondary N) is 1. The number of ether oxygens (including phenoxy) is 1. The number of rotatable bonds is 5. The smallest absolute Gasteiger partial charge is 0.416 e. The van der Waals surface area contributed by atoms with Gasteiger partial charge in [0.2, 0.25) is 15.9 Å². The van der Waals surface area contributed by atoms with E-state index in [0.717, 1.165) is 16.4 Å². The first-order valence-corrected chi connectivity index (χ1v) is 10.6. The topological polar surface area (TPSA) is 75.7 Å². The summed E-state index contributed by atoms with van der Waals surface area (Å²) in [5.41, 5.74) is -0.445. The summed E-state index contributed by atoms with van der Waals surface area (Å²) < 4.78 is 71.3. The van der Waals surface area contributed by atoms with E-state index in [4.69, 9.17) is 4.74 Å². The first kappa shape index (κ1) is 22.1. The number of carbonyl (C=O) groups is 1. The fourth-order valence-electron chi connectivity index (χ4n) is 3.40. The van der Waals surface area contributed by atoms with Gasteiger partial charge in [-0.25, -0.2) is 8.42 Å². The van der Waals surface area contributed by atoms with Gasteiger partial charge in [0.05, 0.1) is 17.6 Å². The molecule has 0 aromatic heterocycles. The van der Waals surface area contributed by atoms with E-state index in [1.807, 2.05) is 0 Å². The van der Waals surface area contributed by atoms with E-state index in [9.17, 15) is 26.4 Å². The summed E-state index contributed by atoms with van der Waals surface area (Å²) in [6, 6.07) is 7.84. The van der Waals surface area contributed by atoms with Gasteiger partial charge in [-0.15, -0.1) is 0 Å². The van der Waals surface area contributed by atoms with Crippen LogP contribution in [-0.2, 0) is 21.0 Å². The van der Waals surface area contributed by atoms with Crippen LogP contribution in [0.25, 0.3) is 0 Å². The number of hydrogen-bond donors (Lipinski definition) is 1. The van der Waals surface area contributed by atoms with Crippen LogP contribution >= 0.6 is 0 Å². The third-order valence-electron chi connectivity index (χ3n) is 4.95. The maximum atomic E-state index is 13.2. The summed E-state index contributed by atoms with van der Waals surface area (Å²) >= 11 is 0. The van der Waals surface area contributed by atoms with Gasteiger partial charge in [-0.1, -0.05) is 12.1 Å². The lowest BCUT2D eigenvalue weighted by molar-refractivity contribution is -0.137. The maximum absolute atomic E-state index is 13.2. The minimum Gasteiger partial charge on any atom is -0.497 e. The number of anilines is 1. The van der Waals surface area contributed by atoms with Crippen LogP contribution in [-0.4, -0.2) is 38.3 Å². The Morgan fingerprint density at radius 2 is 1.93 bits per heavy atom. The summed E-state index contributed by atoms with van der Waals surface area (Å²) in [4.78, 5) is 12.8. The summed E-state index contributed by atoms with van der Waals surface area (Å²) in [6.07, 6.45) is -3.82. The Balaban J connectivity index is 1.86. The van der Waals surface area contributed by atoms with Crippen molar-refractivity contribution in [3.63, 3.8) is 0 Å². The molecule has 1 aliphatic rings. The molecule has 1 N–H and O–H groups in total. The summed E-state index contributed by atoms with van der Waals surface area (Å²) in [5.74, 6) is -0.306. The van der Waals surface area contributed by atoms with Crippen LogP contribution in [0.2, 0.25) is 0 Å². The SMILES string of the molecule is COc1ccc(C)c(S(=O)(=O)N2CCC[C@@H]2C(=O)Nc2cccc(C(F)(F)F)c2)c1. The van der Waals surface area contributed by atoms with E-state index in [1.165, 1.54) is 25.3 Å². The molecule has 10 heteroatoms. The van der Waals surface area contributed by atoms with Crippen molar-refractivity contribution in [2.24, 2.45) is 0 Å². The molecule has 0 bridgehead atoms. The highest BCUT2D eigenvalue weighted by Gasteiger charge is 2.40. The van der Waals surface area contributed by atoms with Crippen LogP contribution in [0.4, 0.5) is 18.9 Å². The highest BCUT2D eigenvalue weighted by Crippen LogP contribution is 2.32. The van der Waals surface area contributed by atoms with Gasteiger partial charge < -0.3 is 10.1 Å². The van der Waals surface area contributed by atoms with Crippen LogP contribution in [0.15, 0.2) is 47.4 Å². The third kappa shape index (κ3) is 4.44. The molecule has 1 fully saturated rings. The normalized spacial score (nSPS) is 17.7. The second-order valence-corrected chi connectivity index (χ2v) is 8.83. The lowest BCUT2D eigenvalue weighted by Crippen LogP contribution is -2.43. The molecular weight excluding hydrogens is 421 g/mol. The molecular formula is C20H21F3N2O4S. The zero-order chi connectivity index (χ0) is 22.1. The molecule has 2 aromatic rings. The quantitative estimate of drug-likeness (QED) is 0.764. The van der Waals surface area contributed by atoms with E-state index in [1.54, 1.807) is 19.1 Å². The minimum absolute atomic E-state index is 0.0284. The van der Waals surface area contributed by atoms with Gasteiger partial charge in [0, 0.05) is 18.3 Å². The van der Waals surface area contributed by atoms with Crippen molar-refractivity contribution < 1.29 is 31.1 Å². The third-order valence-corrected chi connectivity index (χ3v) is 7.00. The number of amides is 1. The van der Waals surface area contributed by atoms with Crippen LogP contribution in [0, 0.1) is 6.92 Å². The van der Waals surface area contributed by atoms with Crippen molar-refractivity contribution in [3.05, 3.63) is 53.6 Å². The molecule has 30 heavy (non-hydrogen) atoms. The number of sulfonamides is 1. The van der Waals surface area contributed by atoms with Crippen molar-refractivity contribution in [1.82, 2.24) is 4.31 Å². The summed E-state index contributed by atoms with van der Waals surface area (Å²) in [5, 5.41) is 2.42. The Hall–Kier alpha value is -2.59. The number of alkyl halides is 3. The van der Waals surface area contributed by atoms with Crippen molar-refractivity contribution >= 4 is 21.6 Å². The van der Waals surface area contributed by atoms with Gasteiger partial charge in [0.1, 0.15) is 11.8 Å². The number of nitrogens with zero attached hydrogens (tertiary/aromatic N) is 1. The largest absolute Gasteiger partial charge is 0.497 e. The molecule has 0 radical (unpaired) electrons. The van der Waals surface area contributed by atoms with Crippen LogP contribution < -0.4 is 10.1 Å². The first-order valence-electron chi connectivity index (χ1n) is 9.18.